The summed E-state index contributed by atoms with van der Waals surface area (Å²) in [5.74, 6) is 2.56. The van der Waals surface area contributed by atoms with Crippen molar-refractivity contribution in [3.8, 4) is 0 Å². The maximum absolute atomic E-state index is 12.6. The fraction of sp³-hybridized carbons (Fsp3) is 0.429. The number of carbonyl (C=O) groups is 1. The molecule has 1 aromatic heterocycles. The van der Waals surface area contributed by atoms with Gasteiger partial charge in [0.2, 0.25) is 5.91 Å². The van der Waals surface area contributed by atoms with Gasteiger partial charge in [0.1, 0.15) is 5.82 Å². The van der Waals surface area contributed by atoms with Crippen molar-refractivity contribution < 1.29 is 4.79 Å². The molecule has 5 rings (SSSR count). The number of halogens is 2. The number of fused-ring (bicyclic) bond motifs is 1. The van der Waals surface area contributed by atoms with Gasteiger partial charge < -0.3 is 14.8 Å². The van der Waals surface area contributed by atoms with Crippen molar-refractivity contribution in [1.29, 1.82) is 0 Å². The van der Waals surface area contributed by atoms with Crippen LogP contribution in [0.1, 0.15) is 37.1 Å². The second kappa shape index (κ2) is 11.2. The van der Waals surface area contributed by atoms with Crippen LogP contribution in [0.4, 0.5) is 0 Å². The molecule has 5 nitrogen and oxygen atoms in total. The van der Waals surface area contributed by atoms with E-state index in [1.807, 2.05) is 23.1 Å². The van der Waals surface area contributed by atoms with Crippen molar-refractivity contribution in [2.45, 2.75) is 32.1 Å². The number of benzene rings is 2. The molecular weight excluding hydrogens is 479 g/mol. The number of aromatic nitrogens is 2. The van der Waals surface area contributed by atoms with Gasteiger partial charge in [-0.25, -0.2) is 4.98 Å². The zero-order valence-electron chi connectivity index (χ0n) is 19.9. The monoisotopic (exact) mass is 510 g/mol. The molecule has 0 bridgehead atoms. The Morgan fingerprint density at radius 2 is 1.71 bits per heavy atom. The van der Waals surface area contributed by atoms with Crippen molar-refractivity contribution in [2.75, 3.05) is 32.7 Å². The van der Waals surface area contributed by atoms with Gasteiger partial charge in [0.15, 0.2) is 0 Å². The number of rotatable bonds is 6. The first-order chi connectivity index (χ1) is 17.0. The SMILES string of the molecule is O=C(/C=C/c1ccc(Cl)c(Cl)c1)N1CCC(CN2CCC(Cc3nc4ccccc4[nH]3)CC2)CC1. The molecule has 0 unspecified atom stereocenters. The van der Waals surface area contributed by atoms with Crippen LogP contribution >= 0.6 is 23.2 Å². The van der Waals surface area contributed by atoms with Gasteiger partial charge in [0, 0.05) is 32.1 Å². The van der Waals surface area contributed by atoms with E-state index < -0.39 is 0 Å². The largest absolute Gasteiger partial charge is 0.342 e. The predicted octanol–water partition coefficient (Wildman–Crippen LogP) is 6.08. The average Bonchev–Trinajstić information content (AvgIpc) is 3.28. The first-order valence-corrected chi connectivity index (χ1v) is 13.4. The zero-order chi connectivity index (χ0) is 24.2. The Kier molecular flexibility index (Phi) is 7.76. The van der Waals surface area contributed by atoms with E-state index in [-0.39, 0.29) is 5.91 Å². The third-order valence-corrected chi connectivity index (χ3v) is 8.17. The molecule has 2 aromatic carbocycles. The smallest absolute Gasteiger partial charge is 0.246 e. The summed E-state index contributed by atoms with van der Waals surface area (Å²) in [4.78, 5) is 25.5. The standard InChI is InChI=1S/C28H32Cl2N4O/c29-23-7-5-20(17-24(23)30)6-8-28(35)34-15-11-22(12-16-34)19-33-13-9-21(10-14-33)18-27-31-25-3-1-2-4-26(25)32-27/h1-8,17,21-22H,9-16,18-19H2,(H,31,32)/b8-6+. The van der Waals surface area contributed by atoms with Crippen molar-refractivity contribution in [1.82, 2.24) is 19.8 Å². The number of amides is 1. The van der Waals surface area contributed by atoms with Crippen molar-refractivity contribution in [3.05, 3.63) is 70.0 Å². The summed E-state index contributed by atoms with van der Waals surface area (Å²) in [6.45, 7) is 5.14. The number of hydrogen-bond donors (Lipinski definition) is 1. The lowest BCUT2D eigenvalue weighted by atomic mass is 9.91. The maximum atomic E-state index is 12.6. The Morgan fingerprint density at radius 3 is 2.46 bits per heavy atom. The van der Waals surface area contributed by atoms with Crippen LogP contribution in [0.15, 0.2) is 48.5 Å². The van der Waals surface area contributed by atoms with E-state index in [0.717, 1.165) is 74.4 Å². The normalized spacial score (nSPS) is 18.6. The highest BCUT2D eigenvalue weighted by molar-refractivity contribution is 6.42. The molecule has 1 amide bonds. The Labute approximate surface area is 217 Å². The lowest BCUT2D eigenvalue weighted by molar-refractivity contribution is -0.127. The molecule has 3 heterocycles. The fourth-order valence-corrected chi connectivity index (χ4v) is 5.65. The number of nitrogens with one attached hydrogen (secondary N) is 1. The molecule has 35 heavy (non-hydrogen) atoms. The molecule has 0 aliphatic carbocycles. The topological polar surface area (TPSA) is 52.2 Å². The molecule has 2 fully saturated rings. The number of hydrogen-bond acceptors (Lipinski definition) is 3. The first kappa shape index (κ1) is 24.4. The number of H-pyrrole nitrogens is 1. The van der Waals surface area contributed by atoms with E-state index in [1.165, 1.54) is 12.8 Å². The summed E-state index contributed by atoms with van der Waals surface area (Å²) in [5, 5.41) is 1.02. The van der Waals surface area contributed by atoms with Crippen molar-refractivity contribution >= 4 is 46.2 Å². The van der Waals surface area contributed by atoms with Crippen LogP contribution in [0.25, 0.3) is 17.1 Å². The van der Waals surface area contributed by atoms with E-state index in [9.17, 15) is 4.79 Å². The van der Waals surface area contributed by atoms with Crippen molar-refractivity contribution in [3.63, 3.8) is 0 Å². The summed E-state index contributed by atoms with van der Waals surface area (Å²) in [5.41, 5.74) is 3.08. The number of aromatic amines is 1. The Balaban J connectivity index is 1.03. The summed E-state index contributed by atoms with van der Waals surface area (Å²) in [6, 6.07) is 13.7. The summed E-state index contributed by atoms with van der Waals surface area (Å²) in [6.07, 6.45) is 9.11. The molecular formula is C28H32Cl2N4O. The average molecular weight is 511 g/mol. The molecule has 3 aromatic rings. The van der Waals surface area contributed by atoms with Crippen LogP contribution in [0, 0.1) is 11.8 Å². The minimum absolute atomic E-state index is 0.0703. The van der Waals surface area contributed by atoms with E-state index >= 15 is 0 Å². The second-order valence-electron chi connectivity index (χ2n) is 9.92. The number of piperidine rings is 2. The molecule has 0 radical (unpaired) electrons. The fourth-order valence-electron chi connectivity index (χ4n) is 5.34. The van der Waals surface area contributed by atoms with E-state index in [0.29, 0.717) is 21.9 Å². The Bertz CT molecular complexity index is 1160. The highest BCUT2D eigenvalue weighted by Crippen LogP contribution is 2.26. The van der Waals surface area contributed by atoms with Gasteiger partial charge in [-0.2, -0.15) is 0 Å². The quantitative estimate of drug-likeness (QED) is 0.409. The van der Waals surface area contributed by atoms with E-state index in [1.54, 1.807) is 18.2 Å². The molecule has 184 valence electrons. The van der Waals surface area contributed by atoms with Gasteiger partial charge in [0.05, 0.1) is 21.1 Å². The number of nitrogens with zero attached hydrogens (tertiary/aromatic N) is 3. The van der Waals surface area contributed by atoms with Gasteiger partial charge >= 0.3 is 0 Å². The number of imidazole rings is 1. The maximum Gasteiger partial charge on any atom is 0.246 e. The van der Waals surface area contributed by atoms with E-state index in [2.05, 4.69) is 28.1 Å². The highest BCUT2D eigenvalue weighted by atomic mass is 35.5. The lowest BCUT2D eigenvalue weighted by Gasteiger charge is -2.37. The summed E-state index contributed by atoms with van der Waals surface area (Å²) >= 11 is 12.0. The van der Waals surface area contributed by atoms with Gasteiger partial charge in [-0.3, -0.25) is 4.79 Å². The highest BCUT2D eigenvalue weighted by Gasteiger charge is 2.26. The molecule has 0 spiro atoms. The van der Waals surface area contributed by atoms with Crippen LogP contribution in [0.3, 0.4) is 0 Å². The Hall–Kier alpha value is -2.34. The molecule has 2 saturated heterocycles. The second-order valence-corrected chi connectivity index (χ2v) is 10.7. The van der Waals surface area contributed by atoms with Gasteiger partial charge in [-0.1, -0.05) is 41.4 Å². The van der Waals surface area contributed by atoms with E-state index in [4.69, 9.17) is 28.2 Å². The molecule has 0 saturated carbocycles. The van der Waals surface area contributed by atoms with Gasteiger partial charge in [-0.15, -0.1) is 0 Å². The first-order valence-electron chi connectivity index (χ1n) is 12.6. The number of para-hydroxylation sites is 2. The minimum atomic E-state index is 0.0703. The summed E-state index contributed by atoms with van der Waals surface area (Å²) < 4.78 is 0. The lowest BCUT2D eigenvalue weighted by Crippen LogP contribution is -2.43. The molecule has 7 heteroatoms. The zero-order valence-corrected chi connectivity index (χ0v) is 21.4. The minimum Gasteiger partial charge on any atom is -0.342 e. The molecule has 1 N–H and O–H groups in total. The van der Waals surface area contributed by atoms with Crippen LogP contribution < -0.4 is 0 Å². The van der Waals surface area contributed by atoms with Crippen LogP contribution in [0.5, 0.6) is 0 Å². The van der Waals surface area contributed by atoms with Gasteiger partial charge in [-0.05, 0) is 86.5 Å². The van der Waals surface area contributed by atoms with Crippen LogP contribution in [-0.2, 0) is 11.2 Å². The number of carbonyl (C=O) groups excluding carboxylic acids is 1. The third kappa shape index (κ3) is 6.27. The molecule has 0 atom stereocenters. The predicted molar refractivity (Wildman–Crippen MR) is 144 cm³/mol. The van der Waals surface area contributed by atoms with Crippen LogP contribution in [-0.4, -0.2) is 58.4 Å². The van der Waals surface area contributed by atoms with Crippen LogP contribution in [0.2, 0.25) is 10.0 Å². The van der Waals surface area contributed by atoms with Gasteiger partial charge in [0.25, 0.3) is 0 Å². The summed E-state index contributed by atoms with van der Waals surface area (Å²) in [7, 11) is 0. The Morgan fingerprint density at radius 1 is 0.971 bits per heavy atom. The number of likely N-dealkylation sites (tertiary alicyclic amines) is 2. The molecule has 2 aliphatic rings. The third-order valence-electron chi connectivity index (χ3n) is 7.43. The molecule has 2 aliphatic heterocycles. The van der Waals surface area contributed by atoms with Crippen molar-refractivity contribution in [2.24, 2.45) is 11.8 Å².